The predicted molar refractivity (Wildman–Crippen MR) is 85.2 cm³/mol. The predicted octanol–water partition coefficient (Wildman–Crippen LogP) is 4.44. The van der Waals surface area contributed by atoms with E-state index in [9.17, 15) is 9.59 Å². The van der Waals surface area contributed by atoms with Crippen LogP contribution in [0.15, 0.2) is 46.9 Å². The number of anilines is 2. The van der Waals surface area contributed by atoms with Crippen molar-refractivity contribution in [2.75, 3.05) is 10.6 Å². The Morgan fingerprint density at radius 1 is 1.10 bits per heavy atom. The van der Waals surface area contributed by atoms with E-state index in [2.05, 4.69) is 26.6 Å². The number of nitrogens with one attached hydrogen (secondary N) is 2. The van der Waals surface area contributed by atoms with Gasteiger partial charge in [-0.2, -0.15) is 0 Å². The average Bonchev–Trinajstić information content (AvgIpc) is 2.37. The average molecular weight is 370 g/mol. The van der Waals surface area contributed by atoms with E-state index in [4.69, 9.17) is 16.7 Å². The molecule has 0 aliphatic heterocycles. The Balaban J connectivity index is 2.17. The Morgan fingerprint density at radius 3 is 2.48 bits per heavy atom. The van der Waals surface area contributed by atoms with Crippen LogP contribution in [0.1, 0.15) is 10.4 Å². The number of aromatic carboxylic acids is 1. The number of urea groups is 1. The third-order valence-corrected chi connectivity index (χ3v) is 3.37. The number of halogens is 2. The molecule has 21 heavy (non-hydrogen) atoms. The summed E-state index contributed by atoms with van der Waals surface area (Å²) in [4.78, 5) is 23.1. The molecule has 5 nitrogen and oxygen atoms in total. The van der Waals surface area contributed by atoms with Crippen molar-refractivity contribution in [3.63, 3.8) is 0 Å². The number of carbonyl (C=O) groups is 2. The first-order chi connectivity index (χ1) is 9.97. The second-order valence-corrected chi connectivity index (χ2v) is 5.38. The number of carbonyl (C=O) groups excluding carboxylic acids is 1. The minimum atomic E-state index is -1.21. The quantitative estimate of drug-likeness (QED) is 0.748. The van der Waals surface area contributed by atoms with Gasteiger partial charge in [-0.25, -0.2) is 9.59 Å². The highest BCUT2D eigenvalue weighted by Crippen LogP contribution is 2.24. The zero-order valence-electron chi connectivity index (χ0n) is 10.6. The molecule has 0 radical (unpaired) electrons. The van der Waals surface area contributed by atoms with Crippen molar-refractivity contribution in [2.24, 2.45) is 0 Å². The topological polar surface area (TPSA) is 78.4 Å². The monoisotopic (exact) mass is 368 g/mol. The molecule has 0 heterocycles. The normalized spacial score (nSPS) is 10.0. The molecule has 2 aromatic rings. The fourth-order valence-electron chi connectivity index (χ4n) is 1.70. The van der Waals surface area contributed by atoms with Gasteiger partial charge in [0.2, 0.25) is 0 Å². The highest BCUT2D eigenvalue weighted by atomic mass is 79.9. The summed E-state index contributed by atoms with van der Waals surface area (Å²) < 4.78 is 0.814. The van der Waals surface area contributed by atoms with Crippen molar-refractivity contribution in [3.05, 3.63) is 57.5 Å². The molecule has 0 aliphatic rings. The molecule has 0 fully saturated rings. The molecule has 0 saturated heterocycles. The zero-order chi connectivity index (χ0) is 15.4. The Hall–Kier alpha value is -2.05. The van der Waals surface area contributed by atoms with Crippen LogP contribution < -0.4 is 10.6 Å². The van der Waals surface area contributed by atoms with Crippen LogP contribution in [0.25, 0.3) is 0 Å². The van der Waals surface area contributed by atoms with Gasteiger partial charge in [0.15, 0.2) is 0 Å². The van der Waals surface area contributed by atoms with Crippen LogP contribution >= 0.6 is 27.5 Å². The van der Waals surface area contributed by atoms with E-state index in [1.807, 2.05) is 6.07 Å². The molecule has 3 N–H and O–H groups in total. The molecule has 7 heteroatoms. The fraction of sp³-hybridized carbons (Fsp3) is 0. The van der Waals surface area contributed by atoms with Gasteiger partial charge < -0.3 is 15.7 Å². The Labute approximate surface area is 134 Å². The maximum absolute atomic E-state index is 11.9. The molecule has 0 unspecified atom stereocenters. The van der Waals surface area contributed by atoms with Crippen molar-refractivity contribution in [3.8, 4) is 0 Å². The van der Waals surface area contributed by atoms with Crippen molar-refractivity contribution in [1.82, 2.24) is 0 Å². The largest absolute Gasteiger partial charge is 0.478 e. The van der Waals surface area contributed by atoms with Gasteiger partial charge in [0, 0.05) is 10.2 Å². The lowest BCUT2D eigenvalue weighted by molar-refractivity contribution is 0.0698. The number of hydrogen-bond donors (Lipinski definition) is 3. The molecule has 0 bridgehead atoms. The van der Waals surface area contributed by atoms with Gasteiger partial charge >= 0.3 is 12.0 Å². The first kappa shape index (κ1) is 15.3. The molecule has 2 rings (SSSR count). The van der Waals surface area contributed by atoms with Crippen LogP contribution in [-0.4, -0.2) is 17.1 Å². The number of carboxylic acids is 1. The van der Waals surface area contributed by atoms with Crippen molar-refractivity contribution < 1.29 is 14.7 Å². The van der Waals surface area contributed by atoms with E-state index < -0.39 is 12.0 Å². The van der Waals surface area contributed by atoms with Gasteiger partial charge in [0.05, 0.1) is 10.7 Å². The second-order valence-electron chi connectivity index (χ2n) is 4.06. The lowest BCUT2D eigenvalue weighted by Crippen LogP contribution is -2.21. The lowest BCUT2D eigenvalue weighted by Gasteiger charge is -2.11. The van der Waals surface area contributed by atoms with Crippen LogP contribution in [0.4, 0.5) is 16.2 Å². The van der Waals surface area contributed by atoms with Gasteiger partial charge in [-0.05, 0) is 30.3 Å². The molecule has 0 aromatic heterocycles. The first-order valence-corrected chi connectivity index (χ1v) is 7.00. The van der Waals surface area contributed by atoms with Crippen LogP contribution in [0.2, 0.25) is 5.02 Å². The third-order valence-electron chi connectivity index (χ3n) is 2.56. The molecular formula is C14H10BrClN2O3. The number of amides is 2. The number of benzene rings is 2. The fourth-order valence-corrected chi connectivity index (χ4v) is 2.35. The third kappa shape index (κ3) is 3.96. The summed E-state index contributed by atoms with van der Waals surface area (Å²) in [5.74, 6) is -1.21. The summed E-state index contributed by atoms with van der Waals surface area (Å²) >= 11 is 9.12. The van der Waals surface area contributed by atoms with Crippen molar-refractivity contribution in [2.45, 2.75) is 0 Å². The smallest absolute Gasteiger partial charge is 0.339 e. The minimum Gasteiger partial charge on any atom is -0.478 e. The van der Waals surface area contributed by atoms with Gasteiger partial charge in [-0.3, -0.25) is 0 Å². The Morgan fingerprint density at radius 2 is 1.81 bits per heavy atom. The van der Waals surface area contributed by atoms with Gasteiger partial charge in [-0.15, -0.1) is 0 Å². The van der Waals surface area contributed by atoms with Crippen LogP contribution in [0, 0.1) is 0 Å². The Bertz CT molecular complexity index is 706. The summed E-state index contributed by atoms with van der Waals surface area (Å²) in [5, 5.41) is 14.3. The second kappa shape index (κ2) is 6.60. The summed E-state index contributed by atoms with van der Waals surface area (Å²) in [5.41, 5.74) is 0.548. The van der Waals surface area contributed by atoms with Crippen molar-refractivity contribution >= 4 is 50.9 Å². The number of hydrogen-bond acceptors (Lipinski definition) is 2. The van der Waals surface area contributed by atoms with Gasteiger partial charge in [0.25, 0.3) is 0 Å². The van der Waals surface area contributed by atoms with E-state index in [0.717, 1.165) is 4.47 Å². The van der Waals surface area contributed by atoms with E-state index in [1.165, 1.54) is 12.1 Å². The summed E-state index contributed by atoms with van der Waals surface area (Å²) in [6.45, 7) is 0. The van der Waals surface area contributed by atoms with E-state index in [1.54, 1.807) is 24.3 Å². The highest BCUT2D eigenvalue weighted by Gasteiger charge is 2.16. The number of rotatable bonds is 3. The molecule has 2 amide bonds. The molecule has 0 atom stereocenters. The highest BCUT2D eigenvalue weighted by molar-refractivity contribution is 9.10. The summed E-state index contributed by atoms with van der Waals surface area (Å²) in [6, 6.07) is 10.9. The van der Waals surface area contributed by atoms with E-state index >= 15 is 0 Å². The van der Waals surface area contributed by atoms with Gasteiger partial charge in [0.1, 0.15) is 5.56 Å². The lowest BCUT2D eigenvalue weighted by atomic mass is 10.2. The van der Waals surface area contributed by atoms with E-state index in [0.29, 0.717) is 5.69 Å². The van der Waals surface area contributed by atoms with Crippen LogP contribution in [-0.2, 0) is 0 Å². The van der Waals surface area contributed by atoms with Crippen LogP contribution in [0.5, 0.6) is 0 Å². The van der Waals surface area contributed by atoms with Gasteiger partial charge in [-0.1, -0.05) is 39.7 Å². The first-order valence-electron chi connectivity index (χ1n) is 5.83. The maximum atomic E-state index is 11.9. The van der Waals surface area contributed by atoms with Crippen LogP contribution in [0.3, 0.4) is 0 Å². The zero-order valence-corrected chi connectivity index (χ0v) is 12.9. The standard InChI is InChI=1S/C14H10BrClN2O3/c15-8-3-1-4-9(7-8)17-14(21)18-11-6-2-5-10(16)12(11)13(19)20/h1-7H,(H,19,20)(H2,17,18,21). The Kier molecular flexibility index (Phi) is 4.82. The maximum Gasteiger partial charge on any atom is 0.339 e. The molecule has 2 aromatic carbocycles. The van der Waals surface area contributed by atoms with E-state index in [-0.39, 0.29) is 16.3 Å². The molecule has 0 aliphatic carbocycles. The number of carboxylic acid groups (broad SMARTS) is 1. The minimum absolute atomic E-state index is 0.0581. The summed E-state index contributed by atoms with van der Waals surface area (Å²) in [7, 11) is 0. The molecule has 108 valence electrons. The summed E-state index contributed by atoms with van der Waals surface area (Å²) in [6.07, 6.45) is 0. The molecular weight excluding hydrogens is 360 g/mol. The SMILES string of the molecule is O=C(Nc1cccc(Br)c1)Nc1cccc(Cl)c1C(=O)O. The van der Waals surface area contributed by atoms with Crippen molar-refractivity contribution in [1.29, 1.82) is 0 Å². The molecule has 0 saturated carbocycles. The molecule has 0 spiro atoms.